The minimum Gasteiger partial charge on any atom is -0.354 e. The molecule has 1 amide bonds. The van der Waals surface area contributed by atoms with E-state index in [0.29, 0.717) is 22.3 Å². The normalized spacial score (nSPS) is 16.5. The number of benzene rings is 2. The van der Waals surface area contributed by atoms with Crippen molar-refractivity contribution in [2.75, 3.05) is 23.3 Å². The second-order valence-electron chi connectivity index (χ2n) is 7.08. The first-order valence-corrected chi connectivity index (χ1v) is 10.2. The van der Waals surface area contributed by atoms with Gasteiger partial charge in [0.1, 0.15) is 0 Å². The number of nitrogens with zero attached hydrogens (tertiary/aromatic N) is 3. The van der Waals surface area contributed by atoms with Crippen molar-refractivity contribution in [2.45, 2.75) is 12.8 Å². The van der Waals surface area contributed by atoms with E-state index in [2.05, 4.69) is 20.4 Å². The van der Waals surface area contributed by atoms with Crippen LogP contribution in [0, 0.1) is 5.92 Å². The molecule has 148 valence electrons. The SMILES string of the molecule is O=C(Nc1cc(Cl)cc(Cl)c1)C1CCCN(c2ccc(-c3ccccc3)nn2)C1. The number of nitrogens with one attached hydrogen (secondary N) is 1. The van der Waals surface area contributed by atoms with E-state index >= 15 is 0 Å². The fourth-order valence-electron chi connectivity index (χ4n) is 3.53. The van der Waals surface area contributed by atoms with E-state index in [0.717, 1.165) is 36.5 Å². The van der Waals surface area contributed by atoms with E-state index in [1.165, 1.54) is 0 Å². The van der Waals surface area contributed by atoms with Crippen LogP contribution in [0.5, 0.6) is 0 Å². The van der Waals surface area contributed by atoms with Crippen LogP contribution in [0.25, 0.3) is 11.3 Å². The van der Waals surface area contributed by atoms with E-state index < -0.39 is 0 Å². The Hall–Kier alpha value is -2.63. The lowest BCUT2D eigenvalue weighted by Gasteiger charge is -2.32. The molecule has 0 spiro atoms. The van der Waals surface area contributed by atoms with Crippen LogP contribution in [0.4, 0.5) is 11.5 Å². The van der Waals surface area contributed by atoms with Crippen LogP contribution in [0.2, 0.25) is 10.0 Å². The number of rotatable bonds is 4. The summed E-state index contributed by atoms with van der Waals surface area (Å²) in [5.41, 5.74) is 2.47. The van der Waals surface area contributed by atoms with Crippen molar-refractivity contribution in [1.29, 1.82) is 0 Å². The van der Waals surface area contributed by atoms with E-state index in [4.69, 9.17) is 23.2 Å². The number of piperidine rings is 1. The molecule has 2 aromatic carbocycles. The number of halogens is 2. The van der Waals surface area contributed by atoms with Gasteiger partial charge in [0.05, 0.1) is 11.6 Å². The van der Waals surface area contributed by atoms with Gasteiger partial charge >= 0.3 is 0 Å². The fraction of sp³-hybridized carbons (Fsp3) is 0.227. The Balaban J connectivity index is 1.43. The molecule has 1 saturated heterocycles. The number of amides is 1. The second-order valence-corrected chi connectivity index (χ2v) is 7.95. The molecular formula is C22H20Cl2N4O. The Labute approximate surface area is 179 Å². The summed E-state index contributed by atoms with van der Waals surface area (Å²) in [5.74, 6) is 0.604. The maximum Gasteiger partial charge on any atom is 0.229 e. The average Bonchev–Trinajstić information content (AvgIpc) is 2.74. The van der Waals surface area contributed by atoms with Gasteiger partial charge in [-0.05, 0) is 43.2 Å². The van der Waals surface area contributed by atoms with E-state index in [1.807, 2.05) is 42.5 Å². The van der Waals surface area contributed by atoms with Gasteiger partial charge in [0.25, 0.3) is 0 Å². The van der Waals surface area contributed by atoms with Crippen LogP contribution in [-0.4, -0.2) is 29.2 Å². The van der Waals surface area contributed by atoms with Crippen LogP contribution in [-0.2, 0) is 4.79 Å². The number of carbonyl (C=O) groups excluding carboxylic acids is 1. The zero-order valence-electron chi connectivity index (χ0n) is 15.7. The molecule has 1 atom stereocenters. The molecule has 1 aliphatic heterocycles. The lowest BCUT2D eigenvalue weighted by molar-refractivity contribution is -0.120. The van der Waals surface area contributed by atoms with Crippen molar-refractivity contribution in [1.82, 2.24) is 10.2 Å². The minimum absolute atomic E-state index is 0.0399. The molecule has 1 aliphatic rings. The summed E-state index contributed by atoms with van der Waals surface area (Å²) in [6.45, 7) is 1.45. The highest BCUT2D eigenvalue weighted by Gasteiger charge is 2.27. The Bertz CT molecular complexity index is 975. The number of carbonyl (C=O) groups is 1. The molecule has 5 nitrogen and oxygen atoms in total. The third-order valence-electron chi connectivity index (χ3n) is 4.97. The summed E-state index contributed by atoms with van der Waals surface area (Å²) in [6.07, 6.45) is 1.74. The Morgan fingerprint density at radius 2 is 1.76 bits per heavy atom. The van der Waals surface area contributed by atoms with Crippen LogP contribution in [0.1, 0.15) is 12.8 Å². The van der Waals surface area contributed by atoms with Gasteiger partial charge in [0.15, 0.2) is 5.82 Å². The molecule has 4 rings (SSSR count). The van der Waals surface area contributed by atoms with Gasteiger partial charge in [0.2, 0.25) is 5.91 Å². The van der Waals surface area contributed by atoms with Gasteiger partial charge in [-0.2, -0.15) is 0 Å². The zero-order valence-corrected chi connectivity index (χ0v) is 17.2. The van der Waals surface area contributed by atoms with Gasteiger partial charge in [0, 0.05) is 34.4 Å². The standard InChI is InChI=1S/C22H20Cl2N4O/c23-17-11-18(24)13-19(12-17)25-22(29)16-7-4-10-28(14-16)21-9-8-20(26-27-21)15-5-2-1-3-6-15/h1-3,5-6,8-9,11-13,16H,4,7,10,14H2,(H,25,29). The molecule has 1 aromatic heterocycles. The molecule has 0 radical (unpaired) electrons. The molecule has 7 heteroatoms. The summed E-state index contributed by atoms with van der Waals surface area (Å²) in [7, 11) is 0. The first kappa shape index (κ1) is 19.7. The molecule has 1 fully saturated rings. The summed E-state index contributed by atoms with van der Waals surface area (Å²) in [6, 6.07) is 18.9. The largest absolute Gasteiger partial charge is 0.354 e. The molecular weight excluding hydrogens is 407 g/mol. The number of aromatic nitrogens is 2. The van der Waals surface area contributed by atoms with Crippen molar-refractivity contribution < 1.29 is 4.79 Å². The number of anilines is 2. The van der Waals surface area contributed by atoms with Crippen molar-refractivity contribution in [2.24, 2.45) is 5.92 Å². The minimum atomic E-state index is -0.142. The molecule has 0 saturated carbocycles. The maximum absolute atomic E-state index is 12.7. The molecule has 0 bridgehead atoms. The van der Waals surface area contributed by atoms with Gasteiger partial charge in [-0.25, -0.2) is 0 Å². The molecule has 1 unspecified atom stereocenters. The summed E-state index contributed by atoms with van der Waals surface area (Å²) < 4.78 is 0. The van der Waals surface area contributed by atoms with Gasteiger partial charge in [-0.15, -0.1) is 10.2 Å². The van der Waals surface area contributed by atoms with Crippen LogP contribution < -0.4 is 10.2 Å². The Kier molecular flexibility index (Phi) is 5.97. The van der Waals surface area contributed by atoms with Gasteiger partial charge < -0.3 is 10.2 Å². The van der Waals surface area contributed by atoms with Crippen molar-refractivity contribution in [3.8, 4) is 11.3 Å². The first-order valence-electron chi connectivity index (χ1n) is 9.49. The van der Waals surface area contributed by atoms with Crippen LogP contribution in [0.15, 0.2) is 60.7 Å². The Morgan fingerprint density at radius 1 is 1.00 bits per heavy atom. The van der Waals surface area contributed by atoms with E-state index in [9.17, 15) is 4.79 Å². The molecule has 1 N–H and O–H groups in total. The van der Waals surface area contributed by atoms with Gasteiger partial charge in [-0.3, -0.25) is 4.79 Å². The summed E-state index contributed by atoms with van der Waals surface area (Å²) in [4.78, 5) is 14.9. The number of hydrogen-bond acceptors (Lipinski definition) is 4. The lowest BCUT2D eigenvalue weighted by atomic mass is 9.97. The highest BCUT2D eigenvalue weighted by molar-refractivity contribution is 6.35. The van der Waals surface area contributed by atoms with Crippen molar-refractivity contribution in [3.05, 3.63) is 70.7 Å². The van der Waals surface area contributed by atoms with Crippen molar-refractivity contribution >= 4 is 40.6 Å². The fourth-order valence-corrected chi connectivity index (χ4v) is 4.05. The molecule has 2 heterocycles. The third-order valence-corrected chi connectivity index (χ3v) is 5.40. The topological polar surface area (TPSA) is 58.1 Å². The van der Waals surface area contributed by atoms with Crippen LogP contribution >= 0.6 is 23.2 Å². The molecule has 0 aliphatic carbocycles. The van der Waals surface area contributed by atoms with E-state index in [-0.39, 0.29) is 11.8 Å². The summed E-state index contributed by atoms with van der Waals surface area (Å²) in [5, 5.41) is 12.7. The third kappa shape index (κ3) is 4.86. The first-order chi connectivity index (χ1) is 14.1. The lowest BCUT2D eigenvalue weighted by Crippen LogP contribution is -2.41. The molecule has 29 heavy (non-hydrogen) atoms. The van der Waals surface area contributed by atoms with Gasteiger partial charge in [-0.1, -0.05) is 53.5 Å². The Morgan fingerprint density at radius 3 is 2.45 bits per heavy atom. The maximum atomic E-state index is 12.7. The zero-order chi connectivity index (χ0) is 20.2. The summed E-state index contributed by atoms with van der Waals surface area (Å²) >= 11 is 12.0. The monoisotopic (exact) mass is 426 g/mol. The highest BCUT2D eigenvalue weighted by atomic mass is 35.5. The molecule has 3 aromatic rings. The predicted molar refractivity (Wildman–Crippen MR) is 117 cm³/mol. The van der Waals surface area contributed by atoms with Crippen molar-refractivity contribution in [3.63, 3.8) is 0 Å². The average molecular weight is 427 g/mol. The second kappa shape index (κ2) is 8.80. The van der Waals surface area contributed by atoms with E-state index in [1.54, 1.807) is 18.2 Å². The van der Waals surface area contributed by atoms with Crippen LogP contribution in [0.3, 0.4) is 0 Å². The number of hydrogen-bond donors (Lipinski definition) is 1. The quantitative estimate of drug-likeness (QED) is 0.614. The smallest absolute Gasteiger partial charge is 0.229 e. The highest BCUT2D eigenvalue weighted by Crippen LogP contribution is 2.26. The predicted octanol–water partition coefficient (Wildman–Crippen LogP) is 5.31.